The molecule has 0 aliphatic carbocycles. The number of fused-ring (bicyclic) bond motifs is 1. The predicted molar refractivity (Wildman–Crippen MR) is 88.4 cm³/mol. The Morgan fingerprint density at radius 3 is 2.70 bits per heavy atom. The normalized spacial score (nSPS) is 21.8. The molecule has 6 nitrogen and oxygen atoms in total. The van der Waals surface area contributed by atoms with Gasteiger partial charge in [-0.2, -0.15) is 0 Å². The third-order valence-electron chi connectivity index (χ3n) is 4.53. The van der Waals surface area contributed by atoms with Gasteiger partial charge in [-0.15, -0.1) is 0 Å². The van der Waals surface area contributed by atoms with Crippen molar-refractivity contribution in [1.29, 1.82) is 0 Å². The van der Waals surface area contributed by atoms with Gasteiger partial charge in [-0.05, 0) is 26.0 Å². The average molecular weight is 317 g/mol. The Bertz CT molecular complexity index is 777. The molecule has 3 rings (SSSR count). The van der Waals surface area contributed by atoms with Crippen molar-refractivity contribution >= 4 is 16.9 Å². The molecule has 0 spiro atoms. The maximum absolute atomic E-state index is 12.5. The second-order valence-electron chi connectivity index (χ2n) is 6.27. The molecule has 2 atom stereocenters. The number of rotatable bonds is 3. The van der Waals surface area contributed by atoms with Gasteiger partial charge in [0.2, 0.25) is 5.91 Å². The molecule has 0 saturated carbocycles. The molecular formula is C17H23N3O3. The summed E-state index contributed by atoms with van der Waals surface area (Å²) in [6.07, 6.45) is 0.390. The number of carbonyl (C=O) groups excluding carboxylic acids is 1. The van der Waals surface area contributed by atoms with E-state index in [0.717, 1.165) is 11.0 Å². The number of nitrogens with zero attached hydrogens (tertiary/aromatic N) is 3. The van der Waals surface area contributed by atoms with Crippen molar-refractivity contribution in [2.75, 3.05) is 13.2 Å². The fraction of sp³-hybridized carbons (Fsp3) is 0.529. The largest absolute Gasteiger partial charge is 0.375 e. The Morgan fingerprint density at radius 1 is 1.26 bits per heavy atom. The lowest BCUT2D eigenvalue weighted by atomic mass is 10.2. The molecular weight excluding hydrogens is 294 g/mol. The highest BCUT2D eigenvalue weighted by atomic mass is 16.5. The molecule has 1 saturated heterocycles. The standard InChI is InChI=1S/C17H23N3O3/c1-12-11-23-13(2)10-20(12)16(21)8-9-19-15-7-5-4-6-14(15)18(3)17(19)22/h4-7,12-13H,8-11H2,1-3H3/t12-,13+/m1/s1. The zero-order valence-corrected chi connectivity index (χ0v) is 13.9. The Kier molecular flexibility index (Phi) is 4.26. The van der Waals surface area contributed by atoms with E-state index in [1.807, 2.05) is 43.0 Å². The van der Waals surface area contributed by atoms with Crippen LogP contribution in [0.25, 0.3) is 11.0 Å². The maximum Gasteiger partial charge on any atom is 0.328 e. The molecule has 1 aliphatic heterocycles. The van der Waals surface area contributed by atoms with Crippen molar-refractivity contribution < 1.29 is 9.53 Å². The molecule has 6 heteroatoms. The van der Waals surface area contributed by atoms with Crippen molar-refractivity contribution in [3.8, 4) is 0 Å². The molecule has 1 fully saturated rings. The second kappa shape index (κ2) is 6.20. The van der Waals surface area contributed by atoms with E-state index in [1.165, 1.54) is 0 Å². The first kappa shape index (κ1) is 15.8. The summed E-state index contributed by atoms with van der Waals surface area (Å²) in [7, 11) is 1.76. The minimum atomic E-state index is -0.0811. The number of hydrogen-bond donors (Lipinski definition) is 0. The average Bonchev–Trinajstić information content (AvgIpc) is 2.79. The number of carbonyl (C=O) groups is 1. The SMILES string of the molecule is C[C@@H]1CO[C@@H](C)CN1C(=O)CCn1c(=O)n(C)c2ccccc21. The molecule has 0 N–H and O–H groups in total. The zero-order chi connectivity index (χ0) is 16.6. The Labute approximate surface area is 135 Å². The van der Waals surface area contributed by atoms with E-state index in [-0.39, 0.29) is 23.7 Å². The highest BCUT2D eigenvalue weighted by Gasteiger charge is 2.27. The molecule has 0 unspecified atom stereocenters. The lowest BCUT2D eigenvalue weighted by Gasteiger charge is -2.36. The summed E-state index contributed by atoms with van der Waals surface area (Å²) in [5, 5.41) is 0. The number of para-hydroxylation sites is 2. The first-order chi connectivity index (χ1) is 11.0. The van der Waals surface area contributed by atoms with Crippen LogP contribution >= 0.6 is 0 Å². The predicted octanol–water partition coefficient (Wildman–Crippen LogP) is 1.37. The molecule has 0 bridgehead atoms. The molecule has 1 amide bonds. The summed E-state index contributed by atoms with van der Waals surface area (Å²) >= 11 is 0. The third-order valence-corrected chi connectivity index (χ3v) is 4.53. The van der Waals surface area contributed by atoms with Gasteiger partial charge < -0.3 is 9.64 Å². The van der Waals surface area contributed by atoms with Crippen LogP contribution in [-0.2, 0) is 23.1 Å². The van der Waals surface area contributed by atoms with E-state index in [1.54, 1.807) is 16.2 Å². The molecule has 23 heavy (non-hydrogen) atoms. The van der Waals surface area contributed by atoms with E-state index < -0.39 is 0 Å². The van der Waals surface area contributed by atoms with Crippen LogP contribution in [-0.4, -0.2) is 45.2 Å². The van der Waals surface area contributed by atoms with Gasteiger partial charge in [-0.1, -0.05) is 12.1 Å². The Balaban J connectivity index is 1.77. The van der Waals surface area contributed by atoms with E-state index in [9.17, 15) is 9.59 Å². The topological polar surface area (TPSA) is 56.5 Å². The third kappa shape index (κ3) is 2.91. The Hall–Kier alpha value is -2.08. The number of imidazole rings is 1. The first-order valence-corrected chi connectivity index (χ1v) is 8.04. The number of benzene rings is 1. The van der Waals surface area contributed by atoms with E-state index >= 15 is 0 Å². The van der Waals surface area contributed by atoms with E-state index in [4.69, 9.17) is 4.74 Å². The minimum absolute atomic E-state index is 0.0652. The molecule has 2 heterocycles. The van der Waals surface area contributed by atoms with E-state index in [2.05, 4.69) is 0 Å². The maximum atomic E-state index is 12.5. The fourth-order valence-corrected chi connectivity index (χ4v) is 3.18. The number of morpholine rings is 1. The van der Waals surface area contributed by atoms with Crippen molar-refractivity contribution in [3.63, 3.8) is 0 Å². The van der Waals surface area contributed by atoms with Crippen molar-refractivity contribution in [3.05, 3.63) is 34.7 Å². The highest BCUT2D eigenvalue weighted by Crippen LogP contribution is 2.15. The molecule has 0 radical (unpaired) electrons. The quantitative estimate of drug-likeness (QED) is 0.859. The summed E-state index contributed by atoms with van der Waals surface area (Å²) in [4.78, 5) is 26.8. The van der Waals surface area contributed by atoms with Crippen LogP contribution in [0.15, 0.2) is 29.1 Å². The molecule has 1 aliphatic rings. The monoisotopic (exact) mass is 317 g/mol. The van der Waals surface area contributed by atoms with Crippen LogP contribution in [0.2, 0.25) is 0 Å². The molecule has 1 aromatic carbocycles. The number of aromatic nitrogens is 2. The van der Waals surface area contributed by atoms with Gasteiger partial charge in [0, 0.05) is 26.6 Å². The second-order valence-corrected chi connectivity index (χ2v) is 6.27. The minimum Gasteiger partial charge on any atom is -0.375 e. The summed E-state index contributed by atoms with van der Waals surface area (Å²) in [5.74, 6) is 0.0764. The van der Waals surface area contributed by atoms with Gasteiger partial charge in [0.05, 0.1) is 29.8 Å². The van der Waals surface area contributed by atoms with Crippen LogP contribution < -0.4 is 5.69 Å². The lowest BCUT2D eigenvalue weighted by Crippen LogP contribution is -2.50. The summed E-state index contributed by atoms with van der Waals surface area (Å²) in [6.45, 7) is 5.55. The molecule has 124 valence electrons. The number of amides is 1. The fourth-order valence-electron chi connectivity index (χ4n) is 3.18. The van der Waals surface area contributed by atoms with Gasteiger partial charge in [-0.3, -0.25) is 13.9 Å². The smallest absolute Gasteiger partial charge is 0.328 e. The summed E-state index contributed by atoms with van der Waals surface area (Å²) in [6, 6.07) is 7.74. The number of ether oxygens (including phenoxy) is 1. The van der Waals surface area contributed by atoms with Gasteiger partial charge in [0.15, 0.2) is 0 Å². The molecule has 1 aromatic heterocycles. The highest BCUT2D eigenvalue weighted by molar-refractivity contribution is 5.78. The van der Waals surface area contributed by atoms with Gasteiger partial charge in [-0.25, -0.2) is 4.79 Å². The van der Waals surface area contributed by atoms with Crippen molar-refractivity contribution in [1.82, 2.24) is 14.0 Å². The summed E-state index contributed by atoms with van der Waals surface area (Å²) < 4.78 is 8.87. The van der Waals surface area contributed by atoms with Crippen molar-refractivity contribution in [2.24, 2.45) is 7.05 Å². The summed E-state index contributed by atoms with van der Waals surface area (Å²) in [5.41, 5.74) is 1.68. The van der Waals surface area contributed by atoms with Crippen LogP contribution in [0.4, 0.5) is 0 Å². The van der Waals surface area contributed by atoms with Crippen LogP contribution in [0.3, 0.4) is 0 Å². The van der Waals surface area contributed by atoms with Gasteiger partial charge >= 0.3 is 5.69 Å². The van der Waals surface area contributed by atoms with Crippen molar-refractivity contribution in [2.45, 2.75) is 39.0 Å². The Morgan fingerprint density at radius 2 is 1.96 bits per heavy atom. The van der Waals surface area contributed by atoms with E-state index in [0.29, 0.717) is 26.1 Å². The zero-order valence-electron chi connectivity index (χ0n) is 13.9. The first-order valence-electron chi connectivity index (χ1n) is 8.04. The number of aryl methyl sites for hydroxylation is 2. The lowest BCUT2D eigenvalue weighted by molar-refractivity contribution is -0.143. The van der Waals surface area contributed by atoms with Gasteiger partial charge in [0.1, 0.15) is 0 Å². The van der Waals surface area contributed by atoms with Gasteiger partial charge in [0.25, 0.3) is 0 Å². The van der Waals surface area contributed by atoms with Crippen LogP contribution in [0.1, 0.15) is 20.3 Å². The van der Waals surface area contributed by atoms with Crippen LogP contribution in [0.5, 0.6) is 0 Å². The number of hydrogen-bond acceptors (Lipinski definition) is 3. The van der Waals surface area contributed by atoms with Crippen LogP contribution in [0, 0.1) is 0 Å². The molecule has 2 aromatic rings.